The highest BCUT2D eigenvalue weighted by Crippen LogP contribution is 2.17. The van der Waals surface area contributed by atoms with Crippen LogP contribution >= 0.6 is 0 Å². The number of amides is 2. The van der Waals surface area contributed by atoms with E-state index in [1.807, 2.05) is 19.1 Å². The third-order valence-electron chi connectivity index (χ3n) is 4.06. The van der Waals surface area contributed by atoms with Crippen molar-refractivity contribution in [1.29, 1.82) is 0 Å². The highest BCUT2D eigenvalue weighted by molar-refractivity contribution is 7.89. The van der Waals surface area contributed by atoms with Gasteiger partial charge in [0.1, 0.15) is 0 Å². The number of hydrazine groups is 1. The second kappa shape index (κ2) is 8.26. The van der Waals surface area contributed by atoms with Gasteiger partial charge in [0.25, 0.3) is 5.91 Å². The molecule has 1 aliphatic rings. The lowest BCUT2D eigenvalue weighted by molar-refractivity contribution is -0.131. The highest BCUT2D eigenvalue weighted by atomic mass is 32.2. The average molecular weight is 365 g/mol. The van der Waals surface area contributed by atoms with Crippen LogP contribution in [0.15, 0.2) is 41.3 Å². The van der Waals surface area contributed by atoms with Crippen molar-refractivity contribution >= 4 is 21.8 Å². The molecule has 0 fully saturated rings. The van der Waals surface area contributed by atoms with Crippen molar-refractivity contribution in [2.75, 3.05) is 13.6 Å². The van der Waals surface area contributed by atoms with E-state index >= 15 is 0 Å². The minimum atomic E-state index is -3.76. The molecule has 0 unspecified atom stereocenters. The normalized spacial score (nSPS) is 17.3. The van der Waals surface area contributed by atoms with Crippen molar-refractivity contribution in [1.82, 2.24) is 15.2 Å². The van der Waals surface area contributed by atoms with Gasteiger partial charge in [-0.25, -0.2) is 8.42 Å². The fourth-order valence-corrected chi connectivity index (χ4v) is 3.61. The van der Waals surface area contributed by atoms with Crippen LogP contribution in [0.5, 0.6) is 0 Å². The monoisotopic (exact) mass is 365 g/mol. The number of likely N-dealkylation sites (N-methyl/N-ethyl adjacent to an activating group) is 1. The molecule has 0 bridgehead atoms. The highest BCUT2D eigenvalue weighted by Gasteiger charge is 2.24. The Labute approximate surface area is 148 Å². The number of sulfonamides is 1. The number of hydrogen-bond acceptors (Lipinski definition) is 4. The predicted molar refractivity (Wildman–Crippen MR) is 93.8 cm³/mol. The molecular weight excluding hydrogens is 342 g/mol. The number of nitrogens with one attached hydrogen (secondary N) is 2. The van der Waals surface area contributed by atoms with Gasteiger partial charge in [0.2, 0.25) is 15.9 Å². The van der Waals surface area contributed by atoms with Crippen LogP contribution in [0.2, 0.25) is 0 Å². The smallest absolute Gasteiger partial charge is 0.253 e. The molecule has 0 spiro atoms. The summed E-state index contributed by atoms with van der Waals surface area (Å²) in [7, 11) is -2.44. The fraction of sp³-hybridized carbons (Fsp3) is 0.412. The van der Waals surface area contributed by atoms with Gasteiger partial charge in [-0.2, -0.15) is 4.31 Å². The summed E-state index contributed by atoms with van der Waals surface area (Å²) in [6.07, 6.45) is 6.18. The molecule has 0 saturated heterocycles. The Kier molecular flexibility index (Phi) is 6.33. The summed E-state index contributed by atoms with van der Waals surface area (Å²) in [5.74, 6) is -1.03. The second-order valence-corrected chi connectivity index (χ2v) is 8.14. The van der Waals surface area contributed by atoms with Crippen LogP contribution in [0, 0.1) is 12.8 Å². The molecule has 2 N–H and O–H groups in total. The second-order valence-electron chi connectivity index (χ2n) is 6.09. The maximum absolute atomic E-state index is 12.4. The molecule has 1 atom stereocenters. The Morgan fingerprint density at radius 1 is 1.16 bits per heavy atom. The van der Waals surface area contributed by atoms with E-state index in [0.717, 1.165) is 22.7 Å². The topological polar surface area (TPSA) is 95.6 Å². The van der Waals surface area contributed by atoms with Crippen LogP contribution < -0.4 is 10.9 Å². The Morgan fingerprint density at radius 2 is 1.84 bits per heavy atom. The molecular formula is C17H23N3O4S. The van der Waals surface area contributed by atoms with Gasteiger partial charge in [-0.1, -0.05) is 29.8 Å². The van der Waals surface area contributed by atoms with Crippen LogP contribution in [-0.2, 0) is 19.6 Å². The molecule has 0 aromatic heterocycles. The summed E-state index contributed by atoms with van der Waals surface area (Å²) in [6, 6.07) is 6.38. The van der Waals surface area contributed by atoms with E-state index in [0.29, 0.717) is 6.42 Å². The van der Waals surface area contributed by atoms with Gasteiger partial charge < -0.3 is 0 Å². The fourth-order valence-electron chi connectivity index (χ4n) is 2.48. The number of allylic oxidation sites excluding steroid dienone is 2. The largest absolute Gasteiger partial charge is 0.273 e. The molecule has 8 heteroatoms. The van der Waals surface area contributed by atoms with E-state index in [1.165, 1.54) is 19.2 Å². The van der Waals surface area contributed by atoms with Crippen molar-refractivity contribution in [2.45, 2.75) is 31.1 Å². The molecule has 0 saturated carbocycles. The Hall–Kier alpha value is -2.19. The lowest BCUT2D eigenvalue weighted by Gasteiger charge is -2.19. The summed E-state index contributed by atoms with van der Waals surface area (Å²) in [6.45, 7) is 1.47. The first-order chi connectivity index (χ1) is 11.8. The molecule has 1 aliphatic carbocycles. The van der Waals surface area contributed by atoms with Crippen molar-refractivity contribution < 1.29 is 18.0 Å². The van der Waals surface area contributed by atoms with Gasteiger partial charge >= 0.3 is 0 Å². The van der Waals surface area contributed by atoms with Crippen LogP contribution in [0.4, 0.5) is 0 Å². The van der Waals surface area contributed by atoms with E-state index < -0.39 is 15.9 Å². The van der Waals surface area contributed by atoms with E-state index in [4.69, 9.17) is 0 Å². The first-order valence-electron chi connectivity index (χ1n) is 8.07. The number of rotatable bonds is 5. The number of carbonyl (C=O) groups is 2. The van der Waals surface area contributed by atoms with Gasteiger partial charge in [0.15, 0.2) is 0 Å². The molecule has 0 radical (unpaired) electrons. The van der Waals surface area contributed by atoms with Gasteiger partial charge in [-0.05, 0) is 38.3 Å². The van der Waals surface area contributed by atoms with Crippen LogP contribution in [0.1, 0.15) is 24.8 Å². The van der Waals surface area contributed by atoms with E-state index in [1.54, 1.807) is 12.1 Å². The van der Waals surface area contributed by atoms with Gasteiger partial charge in [0, 0.05) is 13.0 Å². The predicted octanol–water partition coefficient (Wildman–Crippen LogP) is 1.12. The molecule has 136 valence electrons. The average Bonchev–Trinajstić information content (AvgIpc) is 2.60. The first kappa shape index (κ1) is 19.1. The molecule has 2 amide bonds. The van der Waals surface area contributed by atoms with E-state index in [9.17, 15) is 18.0 Å². The SMILES string of the molecule is Cc1ccc(S(=O)(=O)N(C)CC(=O)NNC(=O)[C@@H]2CC=CCC2)cc1. The third kappa shape index (κ3) is 5.14. The van der Waals surface area contributed by atoms with Crippen molar-refractivity contribution in [2.24, 2.45) is 5.92 Å². The standard InChI is InChI=1S/C17H23N3O4S/c1-13-8-10-15(11-9-13)25(23,24)20(2)12-16(21)18-19-17(22)14-6-4-3-5-7-14/h3-4,8-11,14H,5-7,12H2,1-2H3,(H,18,21)(H,19,22)/t14-/m1/s1. The molecule has 7 nitrogen and oxygen atoms in total. The molecule has 1 aromatic carbocycles. The summed E-state index contributed by atoms with van der Waals surface area (Å²) in [5, 5.41) is 0. The van der Waals surface area contributed by atoms with Crippen LogP contribution in [0.25, 0.3) is 0 Å². The Morgan fingerprint density at radius 3 is 2.44 bits per heavy atom. The molecule has 0 aliphatic heterocycles. The minimum absolute atomic E-state index is 0.117. The molecule has 2 rings (SSSR count). The quantitative estimate of drug-likeness (QED) is 0.604. The lowest BCUT2D eigenvalue weighted by Crippen LogP contribution is -2.48. The van der Waals surface area contributed by atoms with Crippen molar-refractivity contribution in [3.63, 3.8) is 0 Å². The lowest BCUT2D eigenvalue weighted by atomic mass is 9.94. The van der Waals surface area contributed by atoms with Gasteiger partial charge in [-0.3, -0.25) is 20.4 Å². The molecule has 0 heterocycles. The van der Waals surface area contributed by atoms with Gasteiger partial charge in [-0.15, -0.1) is 0 Å². The first-order valence-corrected chi connectivity index (χ1v) is 9.51. The number of carbonyl (C=O) groups excluding carboxylic acids is 2. The summed E-state index contributed by atoms with van der Waals surface area (Å²) in [4.78, 5) is 24.0. The Bertz CT molecular complexity index is 757. The maximum atomic E-state index is 12.4. The number of benzene rings is 1. The summed E-state index contributed by atoms with van der Waals surface area (Å²) >= 11 is 0. The van der Waals surface area contributed by atoms with Crippen molar-refractivity contribution in [3.05, 3.63) is 42.0 Å². The minimum Gasteiger partial charge on any atom is -0.273 e. The summed E-state index contributed by atoms with van der Waals surface area (Å²) in [5.41, 5.74) is 5.58. The van der Waals surface area contributed by atoms with Crippen LogP contribution in [-0.4, -0.2) is 38.1 Å². The zero-order chi connectivity index (χ0) is 18.4. The van der Waals surface area contributed by atoms with Gasteiger partial charge in [0.05, 0.1) is 11.4 Å². The summed E-state index contributed by atoms with van der Waals surface area (Å²) < 4.78 is 25.8. The number of nitrogens with zero attached hydrogens (tertiary/aromatic N) is 1. The Balaban J connectivity index is 1.87. The van der Waals surface area contributed by atoms with Crippen LogP contribution in [0.3, 0.4) is 0 Å². The number of aryl methyl sites for hydroxylation is 1. The third-order valence-corrected chi connectivity index (χ3v) is 5.88. The van der Waals surface area contributed by atoms with E-state index in [2.05, 4.69) is 10.9 Å². The zero-order valence-electron chi connectivity index (χ0n) is 14.4. The maximum Gasteiger partial charge on any atom is 0.253 e. The molecule has 1 aromatic rings. The number of hydrogen-bond donors (Lipinski definition) is 2. The molecule has 25 heavy (non-hydrogen) atoms. The zero-order valence-corrected chi connectivity index (χ0v) is 15.2. The van der Waals surface area contributed by atoms with E-state index in [-0.39, 0.29) is 23.3 Å². The van der Waals surface area contributed by atoms with Crippen molar-refractivity contribution in [3.8, 4) is 0 Å².